The highest BCUT2D eigenvalue weighted by Crippen LogP contribution is 2.34. The Hall–Kier alpha value is -3.09. The van der Waals surface area contributed by atoms with Gasteiger partial charge in [0.2, 0.25) is 5.95 Å². The number of aromatic nitrogens is 4. The summed E-state index contributed by atoms with van der Waals surface area (Å²) in [6, 6.07) is 0.280. The van der Waals surface area contributed by atoms with Gasteiger partial charge in [0, 0.05) is 32.0 Å². The molecule has 2 N–H and O–H groups in total. The molecule has 2 saturated heterocycles. The van der Waals surface area contributed by atoms with Crippen molar-refractivity contribution in [2.75, 3.05) is 57.0 Å². The van der Waals surface area contributed by atoms with E-state index in [9.17, 15) is 18.0 Å². The Morgan fingerprint density at radius 2 is 1.97 bits per heavy atom. The average Bonchev–Trinajstić information content (AvgIpc) is 3.06. The van der Waals surface area contributed by atoms with E-state index < -0.39 is 11.7 Å². The number of nitrogens with one attached hydrogen (secondary N) is 2. The number of piperidine rings is 1. The molecule has 1 amide bonds. The largest absolute Gasteiger partial charge is 0.449 e. The summed E-state index contributed by atoms with van der Waals surface area (Å²) in [5.41, 5.74) is 0.427. The van der Waals surface area contributed by atoms with Crippen molar-refractivity contribution in [3.63, 3.8) is 0 Å². The molecule has 2 aromatic heterocycles. The van der Waals surface area contributed by atoms with Crippen LogP contribution in [-0.2, 0) is 10.9 Å². The van der Waals surface area contributed by atoms with Gasteiger partial charge in [0.1, 0.15) is 11.4 Å². The van der Waals surface area contributed by atoms with Gasteiger partial charge in [0.05, 0.1) is 24.0 Å². The summed E-state index contributed by atoms with van der Waals surface area (Å²) < 4.78 is 47.8. The minimum Gasteiger partial charge on any atom is -0.449 e. The Labute approximate surface area is 208 Å². The Morgan fingerprint density at radius 1 is 1.19 bits per heavy atom. The van der Waals surface area contributed by atoms with Gasteiger partial charge in [-0.05, 0) is 59.2 Å². The quantitative estimate of drug-likeness (QED) is 0.513. The van der Waals surface area contributed by atoms with Gasteiger partial charge in [0.15, 0.2) is 0 Å². The standard InChI is InChI=1S/C23H33F3N8O2/c1-16-19(15-34(31-16)17-6-11-32(2)12-7-17)29-21-28-14-18(23(24,25)26)20(30-21)27-8-5-10-33-9-3-4-13-36-22(33)35/h14-15,17H,3-13H2,1-2H3,(H2,27,28,29,30). The molecule has 4 rings (SSSR count). The van der Waals surface area contributed by atoms with E-state index in [1.165, 1.54) is 0 Å². The maximum atomic E-state index is 13.6. The normalized spacial score (nSPS) is 18.1. The fraction of sp³-hybridized carbons (Fsp3) is 0.652. The molecular weight excluding hydrogens is 477 g/mol. The summed E-state index contributed by atoms with van der Waals surface area (Å²) in [7, 11) is 2.09. The van der Waals surface area contributed by atoms with E-state index in [0.717, 1.165) is 50.7 Å². The number of amides is 1. The minimum atomic E-state index is -4.61. The maximum Gasteiger partial charge on any atom is 0.421 e. The highest BCUT2D eigenvalue weighted by molar-refractivity contribution is 5.67. The number of ether oxygens (including phenoxy) is 1. The highest BCUT2D eigenvalue weighted by atomic mass is 19.4. The zero-order valence-corrected chi connectivity index (χ0v) is 20.6. The molecule has 0 bridgehead atoms. The van der Waals surface area contributed by atoms with Crippen LogP contribution in [-0.4, -0.2) is 82.0 Å². The van der Waals surface area contributed by atoms with Crippen LogP contribution in [0.1, 0.15) is 49.4 Å². The van der Waals surface area contributed by atoms with Crippen LogP contribution in [0.25, 0.3) is 0 Å². The van der Waals surface area contributed by atoms with Crippen molar-refractivity contribution in [1.29, 1.82) is 0 Å². The Bertz CT molecular complexity index is 1040. The van der Waals surface area contributed by atoms with Gasteiger partial charge in [-0.2, -0.15) is 23.3 Å². The third-order valence-corrected chi connectivity index (χ3v) is 6.52. The van der Waals surface area contributed by atoms with Crippen LogP contribution in [0.3, 0.4) is 0 Å². The summed E-state index contributed by atoms with van der Waals surface area (Å²) in [6.45, 7) is 5.39. The number of nitrogens with zero attached hydrogens (tertiary/aromatic N) is 6. The van der Waals surface area contributed by atoms with Crippen LogP contribution in [0, 0.1) is 6.92 Å². The lowest BCUT2D eigenvalue weighted by Gasteiger charge is -2.28. The Morgan fingerprint density at radius 3 is 2.72 bits per heavy atom. The van der Waals surface area contributed by atoms with E-state index in [1.807, 2.05) is 17.8 Å². The Kier molecular flexibility index (Phi) is 8.17. The zero-order chi connectivity index (χ0) is 25.7. The van der Waals surface area contributed by atoms with Crippen molar-refractivity contribution in [1.82, 2.24) is 29.5 Å². The van der Waals surface area contributed by atoms with Crippen LogP contribution in [0.4, 0.5) is 35.4 Å². The van der Waals surface area contributed by atoms with Crippen LogP contribution < -0.4 is 10.6 Å². The molecule has 0 unspecified atom stereocenters. The number of anilines is 3. The Balaban J connectivity index is 1.41. The molecule has 2 aliphatic heterocycles. The number of cyclic esters (lactones) is 1. The van der Waals surface area contributed by atoms with Gasteiger partial charge >= 0.3 is 12.3 Å². The molecule has 0 spiro atoms. The number of hydrogen-bond donors (Lipinski definition) is 2. The summed E-state index contributed by atoms with van der Waals surface area (Å²) in [5.74, 6) is -0.258. The van der Waals surface area contributed by atoms with Crippen molar-refractivity contribution in [2.24, 2.45) is 0 Å². The van der Waals surface area contributed by atoms with Crippen molar-refractivity contribution in [2.45, 2.75) is 51.2 Å². The van der Waals surface area contributed by atoms with Gasteiger partial charge in [0.25, 0.3) is 0 Å². The smallest absolute Gasteiger partial charge is 0.421 e. The number of halogens is 3. The average molecular weight is 511 g/mol. The second-order valence-corrected chi connectivity index (χ2v) is 9.31. The molecule has 0 saturated carbocycles. The van der Waals surface area contributed by atoms with E-state index in [1.54, 1.807) is 4.90 Å². The number of hydrogen-bond acceptors (Lipinski definition) is 8. The van der Waals surface area contributed by atoms with Crippen molar-refractivity contribution >= 4 is 23.5 Å². The van der Waals surface area contributed by atoms with E-state index in [2.05, 4.69) is 37.6 Å². The van der Waals surface area contributed by atoms with Crippen LogP contribution >= 0.6 is 0 Å². The third-order valence-electron chi connectivity index (χ3n) is 6.52. The lowest BCUT2D eigenvalue weighted by atomic mass is 10.1. The first-order chi connectivity index (χ1) is 17.2. The van der Waals surface area contributed by atoms with Crippen LogP contribution in [0.2, 0.25) is 0 Å². The van der Waals surface area contributed by atoms with Gasteiger partial charge in [-0.3, -0.25) is 4.68 Å². The minimum absolute atomic E-state index is 0.0487. The maximum absolute atomic E-state index is 13.6. The summed E-state index contributed by atoms with van der Waals surface area (Å²) in [6.07, 6.45) is 1.71. The molecule has 36 heavy (non-hydrogen) atoms. The van der Waals surface area contributed by atoms with Gasteiger partial charge in [-0.1, -0.05) is 0 Å². The molecule has 2 fully saturated rings. The van der Waals surface area contributed by atoms with Gasteiger partial charge in [-0.15, -0.1) is 0 Å². The summed E-state index contributed by atoms with van der Waals surface area (Å²) in [5, 5.41) is 10.4. The lowest BCUT2D eigenvalue weighted by Crippen LogP contribution is -2.32. The molecule has 2 aliphatic rings. The molecule has 0 aromatic carbocycles. The molecule has 4 heterocycles. The zero-order valence-electron chi connectivity index (χ0n) is 20.6. The third kappa shape index (κ3) is 6.56. The summed E-state index contributed by atoms with van der Waals surface area (Å²) in [4.78, 5) is 23.8. The molecule has 13 heteroatoms. The fourth-order valence-electron chi connectivity index (χ4n) is 4.38. The second kappa shape index (κ2) is 11.3. The van der Waals surface area contributed by atoms with Crippen molar-refractivity contribution in [3.8, 4) is 0 Å². The van der Waals surface area contributed by atoms with Gasteiger partial charge < -0.3 is 25.2 Å². The predicted octanol–water partition coefficient (Wildman–Crippen LogP) is 4.05. The summed E-state index contributed by atoms with van der Waals surface area (Å²) >= 11 is 0. The first-order valence-corrected chi connectivity index (χ1v) is 12.3. The number of aryl methyl sites for hydroxylation is 1. The van der Waals surface area contributed by atoms with Crippen LogP contribution in [0.15, 0.2) is 12.4 Å². The van der Waals surface area contributed by atoms with Crippen LogP contribution in [0.5, 0.6) is 0 Å². The fourth-order valence-corrected chi connectivity index (χ4v) is 4.38. The molecule has 0 atom stereocenters. The molecule has 0 radical (unpaired) electrons. The number of alkyl halides is 3. The van der Waals surface area contributed by atoms with Crippen molar-refractivity contribution in [3.05, 3.63) is 23.7 Å². The molecule has 198 valence electrons. The molecule has 0 aliphatic carbocycles. The van der Waals surface area contributed by atoms with Crippen molar-refractivity contribution < 1.29 is 22.7 Å². The number of rotatable bonds is 8. The predicted molar refractivity (Wildman–Crippen MR) is 128 cm³/mol. The van der Waals surface area contributed by atoms with E-state index in [-0.39, 0.29) is 30.4 Å². The number of likely N-dealkylation sites (tertiary alicyclic amines) is 1. The van der Waals surface area contributed by atoms with E-state index in [4.69, 9.17) is 4.74 Å². The molecule has 10 nitrogen and oxygen atoms in total. The second-order valence-electron chi connectivity index (χ2n) is 9.31. The number of carbonyl (C=O) groups is 1. The lowest BCUT2D eigenvalue weighted by molar-refractivity contribution is -0.137. The first kappa shape index (κ1) is 26.0. The van der Waals surface area contributed by atoms with E-state index >= 15 is 0 Å². The van der Waals surface area contributed by atoms with Gasteiger partial charge in [-0.25, -0.2) is 9.78 Å². The SMILES string of the molecule is Cc1nn(C2CCN(C)CC2)cc1Nc1ncc(C(F)(F)F)c(NCCCN2CCCCOC2=O)n1. The molecular formula is C23H33F3N8O2. The number of carbonyl (C=O) groups excluding carboxylic acids is 1. The molecule has 2 aromatic rings. The highest BCUT2D eigenvalue weighted by Gasteiger charge is 2.35. The first-order valence-electron chi connectivity index (χ1n) is 12.3. The monoisotopic (exact) mass is 510 g/mol. The topological polar surface area (TPSA) is 100 Å². The van der Waals surface area contributed by atoms with E-state index in [0.29, 0.717) is 31.8 Å².